The molecule has 0 unspecified atom stereocenters. The van der Waals surface area contributed by atoms with Gasteiger partial charge in [0.2, 0.25) is 0 Å². The summed E-state index contributed by atoms with van der Waals surface area (Å²) in [5.74, 6) is -2.75. The summed E-state index contributed by atoms with van der Waals surface area (Å²) in [7, 11) is -4.10. The van der Waals surface area contributed by atoms with Crippen LogP contribution in [0.4, 0.5) is 0 Å². The lowest BCUT2D eigenvalue weighted by atomic mass is 9.99. The molecule has 2 aromatic carbocycles. The molecule has 2 aromatic rings. The fraction of sp³-hybridized carbons (Fsp3) is 0.333. The van der Waals surface area contributed by atoms with E-state index in [1.54, 1.807) is 38.1 Å². The second-order valence-corrected chi connectivity index (χ2v) is 10.2. The van der Waals surface area contributed by atoms with E-state index in [1.807, 2.05) is 0 Å². The van der Waals surface area contributed by atoms with Gasteiger partial charge in [0.15, 0.2) is 15.3 Å². The summed E-state index contributed by atoms with van der Waals surface area (Å²) in [6.07, 6.45) is 0. The predicted molar refractivity (Wildman–Crippen MR) is 115 cm³/mol. The lowest BCUT2D eigenvalue weighted by Crippen LogP contribution is -2.35. The molecule has 30 heavy (non-hydrogen) atoms. The van der Waals surface area contributed by atoms with Gasteiger partial charge in [0.25, 0.3) is 0 Å². The van der Waals surface area contributed by atoms with Gasteiger partial charge in [-0.1, -0.05) is 39.7 Å². The summed E-state index contributed by atoms with van der Waals surface area (Å²) < 4.78 is 38.1. The molecular weight excluding hydrogens is 496 g/mol. The summed E-state index contributed by atoms with van der Waals surface area (Å²) >= 11 is 9.22. The van der Waals surface area contributed by atoms with Crippen LogP contribution in [0, 0.1) is 5.41 Å². The molecule has 0 N–H and O–H groups in total. The third-order valence-corrected chi connectivity index (χ3v) is 8.09. The summed E-state index contributed by atoms with van der Waals surface area (Å²) in [6, 6.07) is 12.4. The number of sulfone groups is 1. The highest BCUT2D eigenvalue weighted by molar-refractivity contribution is 9.10. The standard InChI is InChI=1S/C21H20BrClO6S/c1-3-28-19(24)21(20(25)29-4-2)17(13-5-7-14(22)8-6-13)18(21)30(26,27)16-11-9-15(23)10-12-16/h5-12,17-18H,3-4H2,1-2H3/t17-,18+/m1/s1. The number of esters is 2. The molecule has 0 amide bonds. The summed E-state index contributed by atoms with van der Waals surface area (Å²) in [5, 5.41) is -0.985. The Balaban J connectivity index is 2.19. The van der Waals surface area contributed by atoms with Gasteiger partial charge in [-0.2, -0.15) is 0 Å². The molecule has 0 spiro atoms. The molecule has 0 aromatic heterocycles. The molecule has 0 heterocycles. The Morgan fingerprint density at radius 2 is 1.47 bits per heavy atom. The zero-order valence-corrected chi connectivity index (χ0v) is 19.5. The van der Waals surface area contributed by atoms with Crippen LogP contribution in [0.5, 0.6) is 0 Å². The average molecular weight is 516 g/mol. The highest BCUT2D eigenvalue weighted by Crippen LogP contribution is 2.65. The quantitative estimate of drug-likeness (QED) is 0.407. The average Bonchev–Trinajstić information content (AvgIpc) is 3.42. The minimum Gasteiger partial charge on any atom is -0.465 e. The summed E-state index contributed by atoms with van der Waals surface area (Å²) in [5.41, 5.74) is -1.44. The lowest BCUT2D eigenvalue weighted by molar-refractivity contribution is -0.164. The molecule has 0 saturated heterocycles. The van der Waals surface area contributed by atoms with Gasteiger partial charge in [-0.25, -0.2) is 8.42 Å². The predicted octanol–water partition coefficient (Wildman–Crippen LogP) is 4.15. The second-order valence-electron chi connectivity index (χ2n) is 6.76. The first-order chi connectivity index (χ1) is 14.2. The molecule has 1 aliphatic carbocycles. The Bertz CT molecular complexity index is 1030. The fourth-order valence-electron chi connectivity index (χ4n) is 3.73. The van der Waals surface area contributed by atoms with Crippen molar-refractivity contribution in [3.05, 3.63) is 63.6 Å². The molecule has 1 fully saturated rings. The van der Waals surface area contributed by atoms with Crippen molar-refractivity contribution in [1.82, 2.24) is 0 Å². The van der Waals surface area contributed by atoms with Gasteiger partial charge in [0, 0.05) is 15.4 Å². The first-order valence-electron chi connectivity index (χ1n) is 9.30. The highest BCUT2D eigenvalue weighted by atomic mass is 79.9. The van der Waals surface area contributed by atoms with Crippen LogP contribution in [0.15, 0.2) is 57.9 Å². The maximum atomic E-state index is 13.5. The maximum Gasteiger partial charge on any atom is 0.325 e. The van der Waals surface area contributed by atoms with Crippen molar-refractivity contribution in [2.75, 3.05) is 13.2 Å². The number of ether oxygens (including phenoxy) is 2. The number of carbonyl (C=O) groups is 2. The van der Waals surface area contributed by atoms with Gasteiger partial charge in [-0.05, 0) is 55.8 Å². The zero-order chi connectivity index (χ0) is 22.1. The van der Waals surface area contributed by atoms with Crippen molar-refractivity contribution >= 4 is 49.3 Å². The van der Waals surface area contributed by atoms with E-state index in [9.17, 15) is 18.0 Å². The van der Waals surface area contributed by atoms with Crippen LogP contribution in [0.3, 0.4) is 0 Å². The van der Waals surface area contributed by atoms with Crippen molar-refractivity contribution in [3.8, 4) is 0 Å². The van der Waals surface area contributed by atoms with Crippen LogP contribution in [0.2, 0.25) is 5.02 Å². The second kappa shape index (κ2) is 8.69. The number of carbonyl (C=O) groups excluding carboxylic acids is 2. The number of hydrogen-bond acceptors (Lipinski definition) is 6. The smallest absolute Gasteiger partial charge is 0.325 e. The van der Waals surface area contributed by atoms with Crippen LogP contribution in [-0.2, 0) is 28.9 Å². The molecule has 6 nitrogen and oxygen atoms in total. The fourth-order valence-corrected chi connectivity index (χ4v) is 6.41. The van der Waals surface area contributed by atoms with Crippen molar-refractivity contribution in [1.29, 1.82) is 0 Å². The molecule has 0 aliphatic heterocycles. The Morgan fingerprint density at radius 1 is 0.967 bits per heavy atom. The molecular formula is C21H20BrClO6S. The zero-order valence-electron chi connectivity index (χ0n) is 16.3. The van der Waals surface area contributed by atoms with Gasteiger partial charge in [-0.3, -0.25) is 9.59 Å². The molecule has 160 valence electrons. The monoisotopic (exact) mass is 514 g/mol. The van der Waals surface area contributed by atoms with E-state index in [0.29, 0.717) is 10.6 Å². The summed E-state index contributed by atoms with van der Waals surface area (Å²) in [4.78, 5) is 26.0. The van der Waals surface area contributed by atoms with Gasteiger partial charge in [0.1, 0.15) is 5.25 Å². The van der Waals surface area contributed by atoms with Crippen molar-refractivity contribution in [2.24, 2.45) is 5.41 Å². The normalized spacial score (nSPS) is 19.7. The Morgan fingerprint density at radius 3 is 1.93 bits per heavy atom. The molecule has 2 atom stereocenters. The number of benzene rings is 2. The van der Waals surface area contributed by atoms with Gasteiger partial charge < -0.3 is 9.47 Å². The Labute approximate surface area is 188 Å². The molecule has 9 heteroatoms. The number of rotatable bonds is 7. The SMILES string of the molecule is CCOC(=O)C1(C(=O)OCC)[C@H](c2ccc(Br)cc2)[C@@H]1S(=O)(=O)c1ccc(Cl)cc1. The van der Waals surface area contributed by atoms with Gasteiger partial charge >= 0.3 is 11.9 Å². The van der Waals surface area contributed by atoms with Crippen molar-refractivity contribution < 1.29 is 27.5 Å². The van der Waals surface area contributed by atoms with E-state index < -0.39 is 38.4 Å². The molecule has 0 radical (unpaired) electrons. The van der Waals surface area contributed by atoms with E-state index in [0.717, 1.165) is 4.47 Å². The van der Waals surface area contributed by atoms with E-state index in [2.05, 4.69) is 15.9 Å². The molecule has 3 rings (SSSR count). The maximum absolute atomic E-state index is 13.5. The topological polar surface area (TPSA) is 86.7 Å². The third kappa shape index (κ3) is 3.76. The van der Waals surface area contributed by atoms with Crippen LogP contribution in [0.1, 0.15) is 25.3 Å². The summed E-state index contributed by atoms with van der Waals surface area (Å²) in [6.45, 7) is 3.19. The van der Waals surface area contributed by atoms with Gasteiger partial charge in [-0.15, -0.1) is 0 Å². The largest absolute Gasteiger partial charge is 0.465 e. The molecule has 0 bridgehead atoms. The Kier molecular flexibility index (Phi) is 6.60. The van der Waals surface area contributed by atoms with Gasteiger partial charge in [0.05, 0.1) is 18.1 Å². The van der Waals surface area contributed by atoms with E-state index in [-0.39, 0.29) is 18.1 Å². The van der Waals surface area contributed by atoms with E-state index in [4.69, 9.17) is 21.1 Å². The van der Waals surface area contributed by atoms with Crippen molar-refractivity contribution in [2.45, 2.75) is 29.9 Å². The Hall–Kier alpha value is -1.90. The highest BCUT2D eigenvalue weighted by Gasteiger charge is 2.81. The first kappa shape index (κ1) is 22.8. The van der Waals surface area contributed by atoms with Crippen LogP contribution < -0.4 is 0 Å². The van der Waals surface area contributed by atoms with E-state index in [1.165, 1.54) is 24.3 Å². The molecule has 1 aliphatic rings. The van der Waals surface area contributed by atoms with Crippen LogP contribution in [0.25, 0.3) is 0 Å². The van der Waals surface area contributed by atoms with E-state index >= 15 is 0 Å². The lowest BCUT2D eigenvalue weighted by Gasteiger charge is -2.15. The van der Waals surface area contributed by atoms with Crippen LogP contribution in [-0.4, -0.2) is 38.8 Å². The minimum atomic E-state index is -4.10. The minimum absolute atomic E-state index is 0.000753. The number of hydrogen-bond donors (Lipinski definition) is 0. The molecule has 1 saturated carbocycles. The third-order valence-electron chi connectivity index (χ3n) is 5.06. The van der Waals surface area contributed by atoms with Crippen molar-refractivity contribution in [3.63, 3.8) is 0 Å². The first-order valence-corrected chi connectivity index (χ1v) is 12.0. The number of halogens is 2. The van der Waals surface area contributed by atoms with Crippen LogP contribution >= 0.6 is 27.5 Å².